The minimum absolute atomic E-state index is 0.268. The summed E-state index contributed by atoms with van der Waals surface area (Å²) in [6, 6.07) is 8.58. The number of fused-ring (bicyclic) bond motifs is 1. The molecule has 4 nitrogen and oxygen atoms in total. The van der Waals surface area contributed by atoms with Crippen LogP contribution in [-0.4, -0.2) is 21.3 Å². The van der Waals surface area contributed by atoms with Crippen molar-refractivity contribution in [1.82, 2.24) is 20.1 Å². The molecule has 0 radical (unpaired) electrons. The molecular formula is C16H20N4S. The molecule has 5 heteroatoms. The van der Waals surface area contributed by atoms with E-state index in [9.17, 15) is 0 Å². The van der Waals surface area contributed by atoms with E-state index in [-0.39, 0.29) is 6.04 Å². The van der Waals surface area contributed by atoms with E-state index < -0.39 is 0 Å². The minimum atomic E-state index is 0.268. The lowest BCUT2D eigenvalue weighted by Crippen LogP contribution is -2.23. The van der Waals surface area contributed by atoms with Crippen molar-refractivity contribution in [3.63, 3.8) is 0 Å². The highest BCUT2D eigenvalue weighted by atomic mass is 32.1. The Labute approximate surface area is 128 Å². The molecule has 21 heavy (non-hydrogen) atoms. The van der Waals surface area contributed by atoms with Gasteiger partial charge in [-0.1, -0.05) is 19.1 Å². The van der Waals surface area contributed by atoms with Crippen molar-refractivity contribution >= 4 is 21.6 Å². The lowest BCUT2D eigenvalue weighted by molar-refractivity contribution is 0.546. The predicted molar refractivity (Wildman–Crippen MR) is 87.7 cm³/mol. The molecule has 0 fully saturated rings. The van der Waals surface area contributed by atoms with Crippen molar-refractivity contribution in [3.05, 3.63) is 46.7 Å². The maximum atomic E-state index is 4.75. The molecular weight excluding hydrogens is 280 g/mol. The first kappa shape index (κ1) is 14.2. The number of aromatic nitrogens is 3. The van der Waals surface area contributed by atoms with Crippen LogP contribution in [-0.2, 0) is 13.5 Å². The second kappa shape index (κ2) is 5.95. The van der Waals surface area contributed by atoms with Gasteiger partial charge in [-0.25, -0.2) is 4.98 Å². The Kier molecular flexibility index (Phi) is 4.03. The Balaban J connectivity index is 1.89. The van der Waals surface area contributed by atoms with Gasteiger partial charge in [-0.3, -0.25) is 4.68 Å². The number of benzene rings is 1. The van der Waals surface area contributed by atoms with Gasteiger partial charge in [0.15, 0.2) is 0 Å². The van der Waals surface area contributed by atoms with Gasteiger partial charge >= 0.3 is 0 Å². The molecule has 0 saturated heterocycles. The van der Waals surface area contributed by atoms with Crippen LogP contribution < -0.4 is 5.32 Å². The Morgan fingerprint density at radius 2 is 2.14 bits per heavy atom. The average Bonchev–Trinajstić information content (AvgIpc) is 3.00. The van der Waals surface area contributed by atoms with Gasteiger partial charge in [0.2, 0.25) is 0 Å². The van der Waals surface area contributed by atoms with Crippen LogP contribution in [0.1, 0.15) is 29.2 Å². The molecule has 0 aliphatic carbocycles. The number of rotatable bonds is 5. The number of aryl methyl sites for hydroxylation is 2. The van der Waals surface area contributed by atoms with Crippen molar-refractivity contribution in [3.8, 4) is 0 Å². The van der Waals surface area contributed by atoms with Crippen molar-refractivity contribution in [2.75, 3.05) is 6.54 Å². The Hall–Kier alpha value is -1.72. The molecule has 0 aliphatic rings. The third-order valence-electron chi connectivity index (χ3n) is 3.59. The standard InChI is InChI=1S/C16H20N4S/c1-4-17-14(12-10-20(3)19-11(12)2)9-16-18-13-7-5-6-8-15(13)21-16/h5-8,10,14,17H,4,9H2,1-3H3. The van der Waals surface area contributed by atoms with Crippen LogP contribution in [0.15, 0.2) is 30.5 Å². The quantitative estimate of drug-likeness (QED) is 0.786. The van der Waals surface area contributed by atoms with Gasteiger partial charge in [0.1, 0.15) is 0 Å². The molecule has 3 rings (SSSR count). The van der Waals surface area contributed by atoms with E-state index in [4.69, 9.17) is 4.98 Å². The van der Waals surface area contributed by atoms with E-state index in [1.54, 1.807) is 11.3 Å². The Bertz CT molecular complexity index is 711. The van der Waals surface area contributed by atoms with Crippen molar-refractivity contribution in [2.45, 2.75) is 26.3 Å². The van der Waals surface area contributed by atoms with E-state index in [2.05, 4.69) is 48.7 Å². The number of nitrogens with zero attached hydrogens (tertiary/aromatic N) is 3. The van der Waals surface area contributed by atoms with Gasteiger partial charge in [0, 0.05) is 31.3 Å². The SMILES string of the molecule is CCNC(Cc1nc2ccccc2s1)c1cn(C)nc1C. The fourth-order valence-corrected chi connectivity index (χ4v) is 3.69. The highest BCUT2D eigenvalue weighted by Gasteiger charge is 2.18. The monoisotopic (exact) mass is 300 g/mol. The maximum Gasteiger partial charge on any atom is 0.0957 e. The fraction of sp³-hybridized carbons (Fsp3) is 0.375. The molecule has 0 bridgehead atoms. The van der Waals surface area contributed by atoms with Gasteiger partial charge < -0.3 is 5.32 Å². The van der Waals surface area contributed by atoms with Crippen molar-refractivity contribution in [1.29, 1.82) is 0 Å². The van der Waals surface area contributed by atoms with Crippen molar-refractivity contribution < 1.29 is 0 Å². The number of likely N-dealkylation sites (N-methyl/N-ethyl adjacent to an activating group) is 1. The van der Waals surface area contributed by atoms with E-state index in [1.165, 1.54) is 15.3 Å². The summed E-state index contributed by atoms with van der Waals surface area (Å²) in [6.45, 7) is 5.14. The van der Waals surface area contributed by atoms with Gasteiger partial charge in [0.25, 0.3) is 0 Å². The summed E-state index contributed by atoms with van der Waals surface area (Å²) >= 11 is 1.78. The molecule has 0 aliphatic heterocycles. The largest absolute Gasteiger partial charge is 0.310 e. The molecule has 0 spiro atoms. The van der Waals surface area contributed by atoms with Crippen LogP contribution in [0.5, 0.6) is 0 Å². The fourth-order valence-electron chi connectivity index (χ4n) is 2.68. The molecule has 2 aromatic heterocycles. The zero-order valence-electron chi connectivity index (χ0n) is 12.6. The maximum absolute atomic E-state index is 4.75. The van der Waals surface area contributed by atoms with Crippen molar-refractivity contribution in [2.24, 2.45) is 7.05 Å². The number of nitrogens with one attached hydrogen (secondary N) is 1. The molecule has 3 aromatic rings. The minimum Gasteiger partial charge on any atom is -0.310 e. The predicted octanol–water partition coefficient (Wildman–Crippen LogP) is 3.23. The number of para-hydroxylation sites is 1. The molecule has 0 amide bonds. The second-order valence-electron chi connectivity index (χ2n) is 5.23. The van der Waals surface area contributed by atoms with Crippen LogP contribution in [0.3, 0.4) is 0 Å². The zero-order chi connectivity index (χ0) is 14.8. The van der Waals surface area contributed by atoms with E-state index in [0.717, 1.165) is 24.2 Å². The molecule has 1 N–H and O–H groups in total. The molecule has 0 saturated carbocycles. The van der Waals surface area contributed by atoms with Gasteiger partial charge in [-0.05, 0) is 25.6 Å². The Morgan fingerprint density at radius 3 is 2.81 bits per heavy atom. The lowest BCUT2D eigenvalue weighted by Gasteiger charge is -2.15. The normalized spacial score (nSPS) is 12.9. The Morgan fingerprint density at radius 1 is 1.33 bits per heavy atom. The summed E-state index contributed by atoms with van der Waals surface area (Å²) in [7, 11) is 1.97. The van der Waals surface area contributed by atoms with Gasteiger partial charge in [-0.2, -0.15) is 5.10 Å². The van der Waals surface area contributed by atoms with Crippen LogP contribution in [0.2, 0.25) is 0 Å². The topological polar surface area (TPSA) is 42.7 Å². The highest BCUT2D eigenvalue weighted by Crippen LogP contribution is 2.27. The van der Waals surface area contributed by atoms with Gasteiger partial charge in [-0.15, -0.1) is 11.3 Å². The highest BCUT2D eigenvalue weighted by molar-refractivity contribution is 7.18. The number of thiazole rings is 1. The smallest absolute Gasteiger partial charge is 0.0957 e. The van der Waals surface area contributed by atoms with Gasteiger partial charge in [0.05, 0.1) is 20.9 Å². The second-order valence-corrected chi connectivity index (χ2v) is 6.35. The lowest BCUT2D eigenvalue weighted by atomic mass is 10.1. The number of hydrogen-bond acceptors (Lipinski definition) is 4. The summed E-state index contributed by atoms with van der Waals surface area (Å²) < 4.78 is 3.14. The van der Waals surface area contributed by atoms with E-state index >= 15 is 0 Å². The third-order valence-corrected chi connectivity index (χ3v) is 4.65. The third kappa shape index (κ3) is 2.99. The van der Waals surface area contributed by atoms with Crippen LogP contribution in [0.25, 0.3) is 10.2 Å². The van der Waals surface area contributed by atoms with E-state index in [0.29, 0.717) is 0 Å². The average molecular weight is 300 g/mol. The molecule has 110 valence electrons. The summed E-state index contributed by atoms with van der Waals surface area (Å²) in [5.41, 5.74) is 3.44. The zero-order valence-corrected chi connectivity index (χ0v) is 13.4. The summed E-state index contributed by atoms with van der Waals surface area (Å²) in [4.78, 5) is 4.75. The first-order valence-corrected chi connectivity index (χ1v) is 8.07. The molecule has 1 aromatic carbocycles. The molecule has 1 unspecified atom stereocenters. The van der Waals surface area contributed by atoms with E-state index in [1.807, 2.05) is 17.8 Å². The molecule has 1 atom stereocenters. The summed E-state index contributed by atoms with van der Waals surface area (Å²) in [5.74, 6) is 0. The van der Waals surface area contributed by atoms with Crippen LogP contribution >= 0.6 is 11.3 Å². The van der Waals surface area contributed by atoms with Crippen LogP contribution in [0.4, 0.5) is 0 Å². The summed E-state index contributed by atoms with van der Waals surface area (Å²) in [5, 5.41) is 9.19. The number of hydrogen-bond donors (Lipinski definition) is 1. The first-order valence-electron chi connectivity index (χ1n) is 7.25. The van der Waals surface area contributed by atoms with Crippen LogP contribution in [0, 0.1) is 6.92 Å². The first-order chi connectivity index (χ1) is 10.2. The molecule has 2 heterocycles. The summed E-state index contributed by atoms with van der Waals surface area (Å²) in [6.07, 6.45) is 3.01.